The van der Waals surface area contributed by atoms with Gasteiger partial charge in [0.1, 0.15) is 12.9 Å². The maximum atomic E-state index is 12.7. The highest BCUT2D eigenvalue weighted by Gasteiger charge is 2.31. The van der Waals surface area contributed by atoms with Crippen LogP contribution in [0.2, 0.25) is 0 Å². The molecule has 0 atom stereocenters. The molecule has 3 fully saturated rings. The molecule has 0 aliphatic heterocycles. The third-order valence-corrected chi connectivity index (χ3v) is 8.12. The van der Waals surface area contributed by atoms with Gasteiger partial charge in [0.05, 0.1) is 50.2 Å². The topological polar surface area (TPSA) is 108 Å². The quantitative estimate of drug-likeness (QED) is 0.0278. The summed E-state index contributed by atoms with van der Waals surface area (Å²) < 4.78 is 34.6. The number of ether oxygens (including phenoxy) is 6. The Morgan fingerprint density at radius 3 is 1.71 bits per heavy atom. The lowest BCUT2D eigenvalue weighted by Crippen LogP contribution is -2.33. The normalized spacial score (nSPS) is 27.8. The fraction of sp³-hybridized carbons (Fsp3) is 0.781. The Morgan fingerprint density at radius 2 is 1.17 bits per heavy atom. The van der Waals surface area contributed by atoms with Crippen LogP contribution in [-0.4, -0.2) is 75.7 Å². The molecule has 3 aliphatic rings. The van der Waals surface area contributed by atoms with E-state index in [-0.39, 0.29) is 42.4 Å². The molecule has 238 valence electrons. The van der Waals surface area contributed by atoms with Gasteiger partial charge in [-0.15, -0.1) is 0 Å². The summed E-state index contributed by atoms with van der Waals surface area (Å²) >= 11 is 0. The zero-order valence-corrected chi connectivity index (χ0v) is 25.1. The fourth-order valence-electron chi connectivity index (χ4n) is 5.66. The number of esters is 2. The van der Waals surface area contributed by atoms with Gasteiger partial charge in [-0.05, 0) is 83.5 Å². The van der Waals surface area contributed by atoms with Crippen LogP contribution in [0.25, 0.3) is 0 Å². The van der Waals surface area contributed by atoms with Crippen molar-refractivity contribution in [1.82, 2.24) is 0 Å². The average molecular weight is 595 g/mol. The first-order valence-electron chi connectivity index (χ1n) is 15.7. The van der Waals surface area contributed by atoms with E-state index in [1.807, 2.05) is 0 Å². The molecule has 10 nitrogen and oxygen atoms in total. The van der Waals surface area contributed by atoms with Crippen LogP contribution < -0.4 is 0 Å². The van der Waals surface area contributed by atoms with Crippen molar-refractivity contribution in [2.75, 3.05) is 33.2 Å². The largest absolute Gasteiger partial charge is 0.462 e. The Morgan fingerprint density at radius 1 is 0.667 bits per heavy atom. The highest BCUT2D eigenvalue weighted by atomic mass is 17.2. The molecular weight excluding hydrogens is 544 g/mol. The molecule has 3 saturated carbocycles. The van der Waals surface area contributed by atoms with Crippen molar-refractivity contribution < 1.29 is 47.8 Å². The molecule has 3 aliphatic carbocycles. The second-order valence-electron chi connectivity index (χ2n) is 11.2. The molecule has 0 N–H and O–H groups in total. The lowest BCUT2D eigenvalue weighted by atomic mass is 9.87. The lowest BCUT2D eigenvalue weighted by Gasteiger charge is -2.32. The lowest BCUT2D eigenvalue weighted by molar-refractivity contribution is -0.250. The van der Waals surface area contributed by atoms with Gasteiger partial charge < -0.3 is 33.3 Å². The molecule has 0 aromatic rings. The van der Waals surface area contributed by atoms with Crippen LogP contribution in [0.3, 0.4) is 0 Å². The zero-order valence-electron chi connectivity index (χ0n) is 25.1. The van der Waals surface area contributed by atoms with Crippen molar-refractivity contribution in [3.63, 3.8) is 0 Å². The molecule has 0 amide bonds. The average Bonchev–Trinajstić information content (AvgIpc) is 3.02. The highest BCUT2D eigenvalue weighted by molar-refractivity contribution is 5.81. The van der Waals surface area contributed by atoms with E-state index < -0.39 is 5.97 Å². The number of carbonyl (C=O) groups is 2. The minimum Gasteiger partial charge on any atom is -0.462 e. The number of hydrogen-bond acceptors (Lipinski definition) is 10. The Balaban J connectivity index is 1.15. The molecule has 0 radical (unpaired) electrons. The van der Waals surface area contributed by atoms with Crippen LogP contribution in [0.15, 0.2) is 31.2 Å². The number of hydrogen-bond donors (Lipinski definition) is 0. The molecule has 3 rings (SSSR count). The number of carbonyl (C=O) groups excluding carboxylic acids is 2. The first kappa shape index (κ1) is 34.3. The summed E-state index contributed by atoms with van der Waals surface area (Å²) in [5.41, 5.74) is 2.47. The smallest absolute Gasteiger partial charge is 0.330 e. The molecule has 0 saturated heterocycles. The van der Waals surface area contributed by atoms with E-state index in [1.54, 1.807) is 0 Å². The monoisotopic (exact) mass is 594 g/mol. The molecule has 0 unspecified atom stereocenters. The van der Waals surface area contributed by atoms with Crippen LogP contribution in [-0.2, 0) is 47.8 Å². The van der Waals surface area contributed by atoms with Gasteiger partial charge in [0, 0.05) is 19.1 Å². The SMILES string of the molecule is C=C=COOCCCOC1CCC(OCOC2CCC(OC(=O)C3CCC(OCCCOC(=O)C=C)CC3)CC2)CC1. The van der Waals surface area contributed by atoms with Gasteiger partial charge in [0.2, 0.25) is 0 Å². The Hall–Kier alpha value is -2.20. The van der Waals surface area contributed by atoms with Gasteiger partial charge in [0.25, 0.3) is 0 Å². The first-order valence-corrected chi connectivity index (χ1v) is 15.7. The number of rotatable bonds is 19. The van der Waals surface area contributed by atoms with E-state index >= 15 is 0 Å². The second-order valence-corrected chi connectivity index (χ2v) is 11.2. The summed E-state index contributed by atoms with van der Waals surface area (Å²) in [7, 11) is 0. The summed E-state index contributed by atoms with van der Waals surface area (Å²) in [5.74, 6) is -0.529. The third kappa shape index (κ3) is 13.8. The molecule has 0 aromatic carbocycles. The van der Waals surface area contributed by atoms with E-state index in [1.165, 1.54) is 6.26 Å². The molecule has 42 heavy (non-hydrogen) atoms. The molecule has 0 bridgehead atoms. The van der Waals surface area contributed by atoms with Gasteiger partial charge in [-0.25, -0.2) is 4.79 Å². The first-order chi connectivity index (χ1) is 20.6. The van der Waals surface area contributed by atoms with Gasteiger partial charge in [-0.1, -0.05) is 18.9 Å². The minimum atomic E-state index is -0.413. The second kappa shape index (κ2) is 20.7. The van der Waals surface area contributed by atoms with Crippen LogP contribution in [0.5, 0.6) is 0 Å². The van der Waals surface area contributed by atoms with E-state index in [2.05, 4.69) is 18.9 Å². The van der Waals surface area contributed by atoms with Crippen LogP contribution >= 0.6 is 0 Å². The Bertz CT molecular complexity index is 817. The summed E-state index contributed by atoms with van der Waals surface area (Å²) in [4.78, 5) is 33.4. The van der Waals surface area contributed by atoms with E-state index in [0.29, 0.717) is 39.6 Å². The fourth-order valence-corrected chi connectivity index (χ4v) is 5.66. The van der Waals surface area contributed by atoms with Gasteiger partial charge in [-0.3, -0.25) is 4.79 Å². The minimum absolute atomic E-state index is 0.0242. The van der Waals surface area contributed by atoms with Gasteiger partial charge >= 0.3 is 11.9 Å². The van der Waals surface area contributed by atoms with Crippen LogP contribution in [0.4, 0.5) is 0 Å². The van der Waals surface area contributed by atoms with E-state index in [4.69, 9.17) is 38.2 Å². The summed E-state index contributed by atoms with van der Waals surface area (Å²) in [6.45, 7) is 9.06. The summed E-state index contributed by atoms with van der Waals surface area (Å²) in [6.07, 6.45) is 15.2. The van der Waals surface area contributed by atoms with E-state index in [0.717, 1.165) is 89.5 Å². The van der Waals surface area contributed by atoms with Crippen LogP contribution in [0.1, 0.15) is 89.9 Å². The summed E-state index contributed by atoms with van der Waals surface area (Å²) in [5, 5.41) is 0. The molecule has 0 heterocycles. The van der Waals surface area contributed by atoms with Crippen molar-refractivity contribution in [3.8, 4) is 0 Å². The van der Waals surface area contributed by atoms with Crippen molar-refractivity contribution in [1.29, 1.82) is 0 Å². The standard InChI is InChI=1S/C32H50O10/c1-3-19-40-41-23-6-21-36-27-11-13-28(14-12-27)38-24-39-29-15-17-30(18-16-29)42-32(34)25-7-9-26(10-8-25)35-20-5-22-37-31(33)4-2/h4,19,25-30H,1-2,5-18,20-24H2. The Kier molecular flexibility index (Phi) is 16.9. The predicted octanol–water partition coefficient (Wildman–Crippen LogP) is 5.49. The molecule has 10 heteroatoms. The van der Waals surface area contributed by atoms with Crippen molar-refractivity contribution in [3.05, 3.63) is 31.2 Å². The maximum Gasteiger partial charge on any atom is 0.330 e. The highest BCUT2D eigenvalue weighted by Crippen LogP contribution is 2.30. The molecule has 0 spiro atoms. The van der Waals surface area contributed by atoms with Gasteiger partial charge in [-0.2, -0.15) is 4.89 Å². The van der Waals surface area contributed by atoms with Gasteiger partial charge in [0.15, 0.2) is 6.26 Å². The van der Waals surface area contributed by atoms with Crippen molar-refractivity contribution >= 4 is 11.9 Å². The van der Waals surface area contributed by atoms with E-state index in [9.17, 15) is 9.59 Å². The predicted molar refractivity (Wildman–Crippen MR) is 154 cm³/mol. The van der Waals surface area contributed by atoms with Crippen molar-refractivity contribution in [2.24, 2.45) is 5.92 Å². The molecule has 0 aromatic heterocycles. The van der Waals surface area contributed by atoms with Crippen molar-refractivity contribution in [2.45, 2.75) is 120 Å². The Labute approximate surface area is 250 Å². The maximum absolute atomic E-state index is 12.7. The zero-order chi connectivity index (χ0) is 29.8. The third-order valence-electron chi connectivity index (χ3n) is 8.12. The summed E-state index contributed by atoms with van der Waals surface area (Å²) in [6, 6.07) is 0. The van der Waals surface area contributed by atoms with Crippen LogP contribution in [0, 0.1) is 5.92 Å². The molecular formula is C32H50O10.